The van der Waals surface area contributed by atoms with Crippen molar-refractivity contribution in [3.8, 4) is 0 Å². The number of oxazole rings is 1. The summed E-state index contributed by atoms with van der Waals surface area (Å²) in [5.74, 6) is 1.54. The molecule has 1 amide bonds. The fourth-order valence-electron chi connectivity index (χ4n) is 3.93. The van der Waals surface area contributed by atoms with Crippen molar-refractivity contribution in [2.24, 2.45) is 0 Å². The molecule has 33 heavy (non-hydrogen) atoms. The molecule has 7 heteroatoms. The Balaban J connectivity index is 1.19. The number of imidazole rings is 1. The van der Waals surface area contributed by atoms with E-state index in [1.807, 2.05) is 73.7 Å². The fourth-order valence-corrected chi connectivity index (χ4v) is 4.77. The zero-order chi connectivity index (χ0) is 22.6. The molecular formula is C26H24N4O2S. The van der Waals surface area contributed by atoms with Gasteiger partial charge in [-0.15, -0.1) is 0 Å². The highest BCUT2D eigenvalue weighted by Gasteiger charge is 2.13. The highest BCUT2D eigenvalue weighted by molar-refractivity contribution is 7.98. The van der Waals surface area contributed by atoms with E-state index < -0.39 is 0 Å². The SMILES string of the molecule is Cc1nc2ccccc2n1CCCNC(=O)c1ccccc1CSc1nc2ccccc2o1. The van der Waals surface area contributed by atoms with Crippen LogP contribution < -0.4 is 5.32 Å². The van der Waals surface area contributed by atoms with Crippen LogP contribution in [0.2, 0.25) is 0 Å². The molecule has 0 atom stereocenters. The largest absolute Gasteiger partial charge is 0.431 e. The number of aromatic nitrogens is 3. The summed E-state index contributed by atoms with van der Waals surface area (Å²) in [5, 5.41) is 3.67. The van der Waals surface area contributed by atoms with Crippen molar-refractivity contribution in [1.29, 1.82) is 0 Å². The summed E-state index contributed by atoms with van der Waals surface area (Å²) in [6.07, 6.45) is 0.826. The Morgan fingerprint density at radius 2 is 1.73 bits per heavy atom. The summed E-state index contributed by atoms with van der Waals surface area (Å²) >= 11 is 1.49. The highest BCUT2D eigenvalue weighted by atomic mass is 32.2. The predicted molar refractivity (Wildman–Crippen MR) is 131 cm³/mol. The minimum Gasteiger partial charge on any atom is -0.431 e. The van der Waals surface area contributed by atoms with E-state index in [1.54, 1.807) is 0 Å². The van der Waals surface area contributed by atoms with Crippen LogP contribution in [0.25, 0.3) is 22.1 Å². The molecule has 5 rings (SSSR count). The van der Waals surface area contributed by atoms with Gasteiger partial charge in [0, 0.05) is 24.4 Å². The molecule has 0 spiro atoms. The average Bonchev–Trinajstić information content (AvgIpc) is 3.40. The summed E-state index contributed by atoms with van der Waals surface area (Å²) in [7, 11) is 0. The highest BCUT2D eigenvalue weighted by Crippen LogP contribution is 2.27. The van der Waals surface area contributed by atoms with Crippen molar-refractivity contribution in [1.82, 2.24) is 19.9 Å². The van der Waals surface area contributed by atoms with Gasteiger partial charge in [-0.3, -0.25) is 4.79 Å². The van der Waals surface area contributed by atoms with Gasteiger partial charge in [-0.05, 0) is 49.2 Å². The third kappa shape index (κ3) is 4.64. The molecule has 166 valence electrons. The number of benzene rings is 3. The number of nitrogens with one attached hydrogen (secondary N) is 1. The molecule has 0 radical (unpaired) electrons. The van der Waals surface area contributed by atoms with Crippen LogP contribution in [0.4, 0.5) is 0 Å². The summed E-state index contributed by atoms with van der Waals surface area (Å²) in [6.45, 7) is 3.42. The molecule has 0 aliphatic rings. The smallest absolute Gasteiger partial charge is 0.257 e. The second-order valence-electron chi connectivity index (χ2n) is 7.80. The van der Waals surface area contributed by atoms with Crippen molar-refractivity contribution in [2.45, 2.75) is 30.9 Å². The van der Waals surface area contributed by atoms with Crippen LogP contribution in [0.5, 0.6) is 0 Å². The second kappa shape index (κ2) is 9.50. The molecule has 5 aromatic rings. The Labute approximate surface area is 196 Å². The Hall–Kier alpha value is -3.58. The maximum absolute atomic E-state index is 12.9. The van der Waals surface area contributed by atoms with Crippen LogP contribution in [0.3, 0.4) is 0 Å². The van der Waals surface area contributed by atoms with E-state index >= 15 is 0 Å². The molecule has 0 saturated heterocycles. The number of carbonyl (C=O) groups excluding carboxylic acids is 1. The lowest BCUT2D eigenvalue weighted by atomic mass is 10.1. The molecule has 3 aromatic carbocycles. The van der Waals surface area contributed by atoms with Gasteiger partial charge in [0.25, 0.3) is 11.1 Å². The first-order chi connectivity index (χ1) is 16.2. The maximum Gasteiger partial charge on any atom is 0.257 e. The number of hydrogen-bond acceptors (Lipinski definition) is 5. The van der Waals surface area contributed by atoms with Crippen LogP contribution >= 0.6 is 11.8 Å². The predicted octanol–water partition coefficient (Wildman–Crippen LogP) is 5.60. The minimum atomic E-state index is -0.0593. The molecule has 0 fully saturated rings. The summed E-state index contributed by atoms with van der Waals surface area (Å²) in [5.41, 5.74) is 5.38. The van der Waals surface area contributed by atoms with Gasteiger partial charge in [0.15, 0.2) is 5.58 Å². The van der Waals surface area contributed by atoms with E-state index in [-0.39, 0.29) is 5.91 Å². The molecular weight excluding hydrogens is 432 g/mol. The molecule has 0 bridgehead atoms. The quantitative estimate of drug-likeness (QED) is 0.243. The summed E-state index contributed by atoms with van der Waals surface area (Å²) in [6, 6.07) is 23.5. The van der Waals surface area contributed by atoms with Crippen LogP contribution in [0.15, 0.2) is 82.4 Å². The molecule has 2 heterocycles. The van der Waals surface area contributed by atoms with Gasteiger partial charge in [0.05, 0.1) is 11.0 Å². The number of hydrogen-bond donors (Lipinski definition) is 1. The standard InChI is InChI=1S/C26H24N4O2S/c1-18-28-21-11-4-6-13-23(21)30(18)16-8-15-27-25(31)20-10-3-2-9-19(20)17-33-26-29-22-12-5-7-14-24(22)32-26/h2-7,9-14H,8,15-17H2,1H3,(H,27,31). The number of amides is 1. The van der Waals surface area contributed by atoms with E-state index in [4.69, 9.17) is 4.42 Å². The van der Waals surface area contributed by atoms with E-state index in [0.29, 0.717) is 23.1 Å². The number of carbonyl (C=O) groups is 1. The van der Waals surface area contributed by atoms with Gasteiger partial charge in [-0.2, -0.15) is 0 Å². The van der Waals surface area contributed by atoms with Crippen LogP contribution in [0, 0.1) is 6.92 Å². The Kier molecular flexibility index (Phi) is 6.13. The monoisotopic (exact) mass is 456 g/mol. The number of nitrogens with zero attached hydrogens (tertiary/aromatic N) is 3. The zero-order valence-corrected chi connectivity index (χ0v) is 19.1. The fraction of sp³-hybridized carbons (Fsp3) is 0.192. The topological polar surface area (TPSA) is 73.0 Å². The third-order valence-corrected chi connectivity index (χ3v) is 6.45. The Bertz CT molecular complexity index is 1390. The first-order valence-electron chi connectivity index (χ1n) is 11.0. The minimum absolute atomic E-state index is 0.0593. The number of aryl methyl sites for hydroxylation is 2. The normalized spacial score (nSPS) is 11.3. The number of fused-ring (bicyclic) bond motifs is 2. The number of rotatable bonds is 8. The molecule has 0 saturated carbocycles. The second-order valence-corrected chi connectivity index (χ2v) is 8.73. The maximum atomic E-state index is 12.9. The average molecular weight is 457 g/mol. The van der Waals surface area contributed by atoms with E-state index in [1.165, 1.54) is 11.8 Å². The molecule has 2 aromatic heterocycles. The lowest BCUT2D eigenvalue weighted by Gasteiger charge is -2.11. The summed E-state index contributed by atoms with van der Waals surface area (Å²) in [4.78, 5) is 22.0. The van der Waals surface area contributed by atoms with Crippen molar-refractivity contribution in [3.63, 3.8) is 0 Å². The lowest BCUT2D eigenvalue weighted by molar-refractivity contribution is 0.0952. The van der Waals surface area contributed by atoms with Crippen molar-refractivity contribution in [2.75, 3.05) is 6.54 Å². The molecule has 1 N–H and O–H groups in total. The molecule has 6 nitrogen and oxygen atoms in total. The van der Waals surface area contributed by atoms with Gasteiger partial charge >= 0.3 is 0 Å². The summed E-state index contributed by atoms with van der Waals surface area (Å²) < 4.78 is 7.99. The van der Waals surface area contributed by atoms with Gasteiger partial charge in [0.1, 0.15) is 11.3 Å². The number of para-hydroxylation sites is 4. The van der Waals surface area contributed by atoms with E-state index in [2.05, 4.69) is 25.9 Å². The van der Waals surface area contributed by atoms with Crippen LogP contribution in [-0.2, 0) is 12.3 Å². The molecule has 0 aliphatic carbocycles. The molecule has 0 aliphatic heterocycles. The van der Waals surface area contributed by atoms with Gasteiger partial charge in [0.2, 0.25) is 0 Å². The lowest BCUT2D eigenvalue weighted by Crippen LogP contribution is -2.26. The van der Waals surface area contributed by atoms with Crippen LogP contribution in [-0.4, -0.2) is 27.0 Å². The zero-order valence-electron chi connectivity index (χ0n) is 18.3. The third-order valence-electron chi connectivity index (χ3n) is 5.58. The van der Waals surface area contributed by atoms with Gasteiger partial charge in [-0.25, -0.2) is 9.97 Å². The number of thioether (sulfide) groups is 1. The van der Waals surface area contributed by atoms with Gasteiger partial charge in [-0.1, -0.05) is 54.2 Å². The van der Waals surface area contributed by atoms with Crippen molar-refractivity contribution >= 4 is 39.8 Å². The van der Waals surface area contributed by atoms with Gasteiger partial charge < -0.3 is 14.3 Å². The molecule has 0 unspecified atom stereocenters. The Morgan fingerprint density at radius 3 is 2.61 bits per heavy atom. The van der Waals surface area contributed by atoms with Crippen molar-refractivity contribution < 1.29 is 9.21 Å². The van der Waals surface area contributed by atoms with E-state index in [0.717, 1.165) is 46.5 Å². The Morgan fingerprint density at radius 1 is 0.970 bits per heavy atom. The first kappa shape index (κ1) is 21.3. The van der Waals surface area contributed by atoms with E-state index in [9.17, 15) is 4.79 Å². The first-order valence-corrected chi connectivity index (χ1v) is 11.9. The van der Waals surface area contributed by atoms with Crippen LogP contribution in [0.1, 0.15) is 28.2 Å². The van der Waals surface area contributed by atoms with Crippen molar-refractivity contribution in [3.05, 3.63) is 89.7 Å².